The molecule has 0 saturated carbocycles. The molecule has 156 valence electrons. The summed E-state index contributed by atoms with van der Waals surface area (Å²) in [5, 5.41) is 2.83. The predicted octanol–water partition coefficient (Wildman–Crippen LogP) is 4.13. The third kappa shape index (κ3) is 6.63. The molecule has 0 fully saturated rings. The molecule has 2 amide bonds. The summed E-state index contributed by atoms with van der Waals surface area (Å²) in [6.07, 6.45) is 0.535. The van der Waals surface area contributed by atoms with Crippen molar-refractivity contribution in [2.75, 3.05) is 13.2 Å². The first-order valence-electron chi connectivity index (χ1n) is 10.3. The smallest absolute Gasteiger partial charge is 0.261 e. The van der Waals surface area contributed by atoms with Crippen molar-refractivity contribution in [2.45, 2.75) is 52.6 Å². The Kier molecular flexibility index (Phi) is 8.71. The second-order valence-corrected chi connectivity index (χ2v) is 7.34. The van der Waals surface area contributed by atoms with Gasteiger partial charge in [-0.2, -0.15) is 0 Å². The first-order chi connectivity index (χ1) is 14.0. The van der Waals surface area contributed by atoms with Crippen LogP contribution in [0.15, 0.2) is 54.6 Å². The predicted molar refractivity (Wildman–Crippen MR) is 116 cm³/mol. The van der Waals surface area contributed by atoms with E-state index in [4.69, 9.17) is 4.74 Å². The quantitative estimate of drug-likeness (QED) is 0.657. The second kappa shape index (κ2) is 11.2. The Bertz CT molecular complexity index is 772. The summed E-state index contributed by atoms with van der Waals surface area (Å²) >= 11 is 0. The molecular weight excluding hydrogens is 364 g/mol. The molecule has 29 heavy (non-hydrogen) atoms. The van der Waals surface area contributed by atoms with Crippen molar-refractivity contribution < 1.29 is 14.3 Å². The fraction of sp³-hybridized carbons (Fsp3) is 0.417. The average molecular weight is 397 g/mol. The van der Waals surface area contributed by atoms with Gasteiger partial charge in [0.25, 0.3) is 5.91 Å². The van der Waals surface area contributed by atoms with Crippen molar-refractivity contribution >= 4 is 11.8 Å². The molecule has 1 N–H and O–H groups in total. The lowest BCUT2D eigenvalue weighted by atomic mass is 10.0. The molecule has 2 aromatic carbocycles. The van der Waals surface area contributed by atoms with Gasteiger partial charge in [-0.05, 0) is 42.5 Å². The third-order valence-electron chi connectivity index (χ3n) is 4.84. The molecule has 0 aromatic heterocycles. The van der Waals surface area contributed by atoms with Crippen LogP contribution in [0.1, 0.15) is 51.2 Å². The number of amides is 2. The van der Waals surface area contributed by atoms with Crippen molar-refractivity contribution in [1.82, 2.24) is 10.2 Å². The zero-order valence-corrected chi connectivity index (χ0v) is 17.9. The average Bonchev–Trinajstić information content (AvgIpc) is 2.73. The molecular formula is C24H32N2O3. The Balaban J connectivity index is 2.13. The lowest BCUT2D eigenvalue weighted by molar-refractivity contribution is -0.142. The molecule has 0 aliphatic heterocycles. The zero-order valence-electron chi connectivity index (χ0n) is 17.9. The van der Waals surface area contributed by atoms with E-state index in [1.54, 1.807) is 4.90 Å². The van der Waals surface area contributed by atoms with Crippen LogP contribution in [0.5, 0.6) is 5.75 Å². The van der Waals surface area contributed by atoms with Crippen LogP contribution < -0.4 is 10.1 Å². The second-order valence-electron chi connectivity index (χ2n) is 7.34. The summed E-state index contributed by atoms with van der Waals surface area (Å²) in [6, 6.07) is 16.9. The lowest BCUT2D eigenvalue weighted by Gasteiger charge is -2.30. The first-order valence-corrected chi connectivity index (χ1v) is 10.3. The molecule has 0 aliphatic rings. The topological polar surface area (TPSA) is 58.6 Å². The van der Waals surface area contributed by atoms with Gasteiger partial charge in [-0.1, -0.05) is 63.2 Å². The molecule has 0 aliphatic carbocycles. The van der Waals surface area contributed by atoms with Gasteiger partial charge in [-0.15, -0.1) is 0 Å². The minimum absolute atomic E-state index is 0.107. The van der Waals surface area contributed by atoms with Crippen LogP contribution in [0.3, 0.4) is 0 Å². The Hall–Kier alpha value is -2.82. The summed E-state index contributed by atoms with van der Waals surface area (Å²) < 4.78 is 5.73. The number of nitrogens with zero attached hydrogens (tertiary/aromatic N) is 1. The number of ether oxygens (including phenoxy) is 1. The SMILES string of the molecule is CCNC(=O)[C@@H](CC)N(Cc1ccccc1)C(=O)COc1ccc(C(C)C)cc1. The van der Waals surface area contributed by atoms with Gasteiger partial charge in [0.2, 0.25) is 5.91 Å². The van der Waals surface area contributed by atoms with E-state index in [0.717, 1.165) is 5.56 Å². The van der Waals surface area contributed by atoms with Crippen molar-refractivity contribution in [3.05, 3.63) is 65.7 Å². The maximum Gasteiger partial charge on any atom is 0.261 e. The van der Waals surface area contributed by atoms with E-state index in [9.17, 15) is 9.59 Å². The molecule has 5 nitrogen and oxygen atoms in total. The molecule has 0 spiro atoms. The number of hydrogen-bond acceptors (Lipinski definition) is 3. The van der Waals surface area contributed by atoms with Gasteiger partial charge in [0.1, 0.15) is 11.8 Å². The largest absolute Gasteiger partial charge is 0.484 e. The van der Waals surface area contributed by atoms with Gasteiger partial charge in [-0.25, -0.2) is 0 Å². The van der Waals surface area contributed by atoms with Crippen molar-refractivity contribution in [2.24, 2.45) is 0 Å². The molecule has 5 heteroatoms. The van der Waals surface area contributed by atoms with Crippen LogP contribution in [0.25, 0.3) is 0 Å². The normalized spacial score (nSPS) is 11.8. The van der Waals surface area contributed by atoms with E-state index in [1.807, 2.05) is 68.4 Å². The first kappa shape index (κ1) is 22.5. The van der Waals surface area contributed by atoms with E-state index in [2.05, 4.69) is 19.2 Å². The Labute approximate surface area is 174 Å². The molecule has 2 aromatic rings. The van der Waals surface area contributed by atoms with Gasteiger partial charge < -0.3 is 15.0 Å². The summed E-state index contributed by atoms with van der Waals surface area (Å²) in [5.74, 6) is 0.739. The number of likely N-dealkylation sites (N-methyl/N-ethyl adjacent to an activating group) is 1. The van der Waals surface area contributed by atoms with E-state index in [1.165, 1.54) is 5.56 Å². The van der Waals surface area contributed by atoms with Crippen molar-refractivity contribution in [1.29, 1.82) is 0 Å². The maximum atomic E-state index is 13.0. The molecule has 0 bridgehead atoms. The van der Waals surface area contributed by atoms with Gasteiger partial charge in [0, 0.05) is 13.1 Å². The molecule has 0 saturated heterocycles. The number of nitrogens with one attached hydrogen (secondary N) is 1. The van der Waals surface area contributed by atoms with Crippen LogP contribution in [-0.4, -0.2) is 35.9 Å². The van der Waals surface area contributed by atoms with E-state index < -0.39 is 6.04 Å². The van der Waals surface area contributed by atoms with Gasteiger partial charge >= 0.3 is 0 Å². The van der Waals surface area contributed by atoms with E-state index in [0.29, 0.717) is 31.2 Å². The third-order valence-corrected chi connectivity index (χ3v) is 4.84. The van der Waals surface area contributed by atoms with Crippen LogP contribution in [0.2, 0.25) is 0 Å². The molecule has 0 radical (unpaired) electrons. The highest BCUT2D eigenvalue weighted by Gasteiger charge is 2.28. The zero-order chi connectivity index (χ0) is 21.2. The number of carbonyl (C=O) groups is 2. The number of hydrogen-bond donors (Lipinski definition) is 1. The Morgan fingerprint density at radius 1 is 1.00 bits per heavy atom. The highest BCUT2D eigenvalue weighted by Crippen LogP contribution is 2.19. The minimum atomic E-state index is -0.533. The van der Waals surface area contributed by atoms with E-state index >= 15 is 0 Å². The number of carbonyl (C=O) groups excluding carboxylic acids is 2. The van der Waals surface area contributed by atoms with Gasteiger partial charge in [0.05, 0.1) is 0 Å². The number of benzene rings is 2. The molecule has 2 rings (SSSR count). The Morgan fingerprint density at radius 3 is 2.21 bits per heavy atom. The highest BCUT2D eigenvalue weighted by molar-refractivity contribution is 5.88. The lowest BCUT2D eigenvalue weighted by Crippen LogP contribution is -2.50. The summed E-state index contributed by atoms with van der Waals surface area (Å²) in [4.78, 5) is 27.2. The standard InChI is InChI=1S/C24H32N2O3/c1-5-22(24(28)25-6-2)26(16-19-10-8-7-9-11-19)23(27)17-29-21-14-12-20(13-15-21)18(3)4/h7-15,18,22H,5-6,16-17H2,1-4H3,(H,25,28)/t22-/m1/s1. The summed E-state index contributed by atoms with van der Waals surface area (Å²) in [5.41, 5.74) is 2.20. The molecule has 0 heterocycles. The van der Waals surface area contributed by atoms with Crippen molar-refractivity contribution in [3.63, 3.8) is 0 Å². The maximum absolute atomic E-state index is 13.0. The number of rotatable bonds is 10. The minimum Gasteiger partial charge on any atom is -0.484 e. The fourth-order valence-electron chi connectivity index (χ4n) is 3.17. The monoisotopic (exact) mass is 396 g/mol. The molecule has 0 unspecified atom stereocenters. The van der Waals surface area contributed by atoms with Crippen LogP contribution in [0.4, 0.5) is 0 Å². The summed E-state index contributed by atoms with van der Waals surface area (Å²) in [7, 11) is 0. The van der Waals surface area contributed by atoms with E-state index in [-0.39, 0.29) is 18.4 Å². The van der Waals surface area contributed by atoms with Crippen molar-refractivity contribution in [3.8, 4) is 5.75 Å². The molecule has 1 atom stereocenters. The Morgan fingerprint density at radius 2 is 1.66 bits per heavy atom. The van der Waals surface area contributed by atoms with Crippen LogP contribution in [0, 0.1) is 0 Å². The van der Waals surface area contributed by atoms with Gasteiger partial charge in [0.15, 0.2) is 6.61 Å². The van der Waals surface area contributed by atoms with Gasteiger partial charge in [-0.3, -0.25) is 9.59 Å². The highest BCUT2D eigenvalue weighted by atomic mass is 16.5. The summed E-state index contributed by atoms with van der Waals surface area (Å²) in [6.45, 7) is 8.84. The fourth-order valence-corrected chi connectivity index (χ4v) is 3.17. The van der Waals surface area contributed by atoms with Crippen LogP contribution in [-0.2, 0) is 16.1 Å². The van der Waals surface area contributed by atoms with Crippen LogP contribution >= 0.6 is 0 Å².